The van der Waals surface area contributed by atoms with Gasteiger partial charge in [0.2, 0.25) is 0 Å². The molecule has 0 bridgehead atoms. The Morgan fingerprint density at radius 3 is 3.00 bits per heavy atom. The molecule has 1 atom stereocenters. The molecule has 2 aromatic heterocycles. The molecule has 18 heavy (non-hydrogen) atoms. The normalized spacial score (nSPS) is 12.8. The van der Waals surface area contributed by atoms with Gasteiger partial charge < -0.3 is 9.88 Å². The van der Waals surface area contributed by atoms with E-state index in [0.717, 1.165) is 36.2 Å². The Labute approximate surface area is 112 Å². The molecule has 2 rings (SSSR count). The van der Waals surface area contributed by atoms with Crippen LogP contribution in [0.4, 0.5) is 5.82 Å². The summed E-state index contributed by atoms with van der Waals surface area (Å²) in [6.07, 6.45) is 5.78. The molecule has 0 amide bonds. The number of imidazole rings is 1. The van der Waals surface area contributed by atoms with E-state index in [2.05, 4.69) is 22.2 Å². The van der Waals surface area contributed by atoms with Crippen LogP contribution < -0.4 is 5.32 Å². The largest absolute Gasteiger partial charge is 0.368 e. The smallest absolute Gasteiger partial charge is 0.154 e. The molecule has 0 aliphatic carbocycles. The average Bonchev–Trinajstić information content (AvgIpc) is 2.77. The Kier molecular flexibility index (Phi) is 4.42. The predicted molar refractivity (Wildman–Crippen MR) is 76.1 cm³/mol. The summed E-state index contributed by atoms with van der Waals surface area (Å²) < 4.78 is 2.00. The fourth-order valence-electron chi connectivity index (χ4n) is 2.04. The predicted octanol–water partition coefficient (Wildman–Crippen LogP) is 3.04. The zero-order valence-corrected chi connectivity index (χ0v) is 11.6. The number of nitrogens with one attached hydrogen (secondary N) is 1. The highest BCUT2D eigenvalue weighted by Gasteiger charge is 2.09. The summed E-state index contributed by atoms with van der Waals surface area (Å²) in [6, 6.07) is 1.98. The maximum absolute atomic E-state index is 5.80. The summed E-state index contributed by atoms with van der Waals surface area (Å²) in [5.41, 5.74) is 2.03. The second kappa shape index (κ2) is 6.05. The number of aromatic nitrogens is 3. The molecule has 0 radical (unpaired) electrons. The lowest BCUT2D eigenvalue weighted by Crippen LogP contribution is -2.15. The van der Waals surface area contributed by atoms with Gasteiger partial charge in [0.05, 0.1) is 11.8 Å². The number of alkyl halides is 1. The number of pyridine rings is 1. The zero-order valence-electron chi connectivity index (χ0n) is 10.9. The molecule has 1 N–H and O–H groups in total. The van der Waals surface area contributed by atoms with Gasteiger partial charge >= 0.3 is 0 Å². The molecule has 0 spiro atoms. The van der Waals surface area contributed by atoms with Gasteiger partial charge in [0, 0.05) is 25.7 Å². The minimum Gasteiger partial charge on any atom is -0.368 e. The van der Waals surface area contributed by atoms with Crippen molar-refractivity contribution in [1.29, 1.82) is 0 Å². The first-order chi connectivity index (χ1) is 8.76. The van der Waals surface area contributed by atoms with E-state index >= 15 is 0 Å². The van der Waals surface area contributed by atoms with E-state index in [9.17, 15) is 0 Å². The van der Waals surface area contributed by atoms with Gasteiger partial charge in [-0.1, -0.05) is 13.3 Å². The third-order valence-corrected chi connectivity index (χ3v) is 3.51. The second-order valence-electron chi connectivity index (χ2n) is 4.52. The topological polar surface area (TPSA) is 42.7 Å². The average molecular weight is 267 g/mol. The van der Waals surface area contributed by atoms with Crippen LogP contribution >= 0.6 is 11.6 Å². The number of nitrogens with zero attached hydrogens (tertiary/aromatic N) is 3. The molecular weight excluding hydrogens is 248 g/mol. The lowest BCUT2D eigenvalue weighted by Gasteiger charge is -2.14. The fourth-order valence-corrected chi connectivity index (χ4v) is 2.35. The molecule has 0 saturated heterocycles. The molecule has 98 valence electrons. The van der Waals surface area contributed by atoms with E-state index in [1.54, 1.807) is 0 Å². The minimum absolute atomic E-state index is 0.586. The summed E-state index contributed by atoms with van der Waals surface area (Å²) >= 11 is 5.80. The fraction of sp³-hybridized carbons (Fsp3) is 0.538. The molecular formula is C13H19ClN4. The number of halogens is 1. The number of fused-ring (bicyclic) bond motifs is 1. The molecule has 0 aliphatic rings. The van der Waals surface area contributed by atoms with Gasteiger partial charge in [0.15, 0.2) is 5.82 Å². The van der Waals surface area contributed by atoms with Crippen LogP contribution in [0, 0.1) is 5.92 Å². The van der Waals surface area contributed by atoms with Crippen molar-refractivity contribution in [2.24, 2.45) is 13.0 Å². The van der Waals surface area contributed by atoms with Crippen molar-refractivity contribution < 1.29 is 0 Å². The first-order valence-electron chi connectivity index (χ1n) is 6.32. The maximum Gasteiger partial charge on any atom is 0.154 e. The van der Waals surface area contributed by atoms with Crippen LogP contribution in [0.1, 0.15) is 19.8 Å². The Morgan fingerprint density at radius 2 is 2.28 bits per heavy atom. The standard InChI is InChI=1S/C13H19ClN4/c1-3-10(4-6-14)8-16-13-12-11(5-7-15-13)18(2)9-17-12/h5,7,9-10H,3-4,6,8H2,1-2H3,(H,15,16). The summed E-state index contributed by atoms with van der Waals surface area (Å²) in [5.74, 6) is 2.16. The third-order valence-electron chi connectivity index (χ3n) is 3.30. The third kappa shape index (κ3) is 2.75. The van der Waals surface area contributed by atoms with Gasteiger partial charge in [-0.2, -0.15) is 0 Å². The van der Waals surface area contributed by atoms with Crippen LogP contribution in [0.2, 0.25) is 0 Å². The summed E-state index contributed by atoms with van der Waals surface area (Å²) in [4.78, 5) is 8.75. The van der Waals surface area contributed by atoms with Crippen LogP contribution in [0.5, 0.6) is 0 Å². The molecule has 2 aromatic rings. The number of aryl methyl sites for hydroxylation is 1. The molecule has 0 saturated carbocycles. The first kappa shape index (κ1) is 13.1. The van der Waals surface area contributed by atoms with Gasteiger partial charge in [-0.25, -0.2) is 9.97 Å². The molecule has 5 heteroatoms. The van der Waals surface area contributed by atoms with E-state index in [1.807, 2.05) is 30.2 Å². The van der Waals surface area contributed by atoms with Crippen LogP contribution in [0.15, 0.2) is 18.6 Å². The van der Waals surface area contributed by atoms with E-state index < -0.39 is 0 Å². The summed E-state index contributed by atoms with van der Waals surface area (Å²) in [7, 11) is 1.99. The van der Waals surface area contributed by atoms with E-state index in [1.165, 1.54) is 0 Å². The maximum atomic E-state index is 5.80. The van der Waals surface area contributed by atoms with Crippen molar-refractivity contribution in [3.63, 3.8) is 0 Å². The SMILES string of the molecule is CCC(CCCl)CNc1nccc2c1ncn2C. The Bertz CT molecular complexity index is 509. The number of hydrogen-bond donors (Lipinski definition) is 1. The van der Waals surface area contributed by atoms with Crippen molar-refractivity contribution in [1.82, 2.24) is 14.5 Å². The van der Waals surface area contributed by atoms with E-state index in [0.29, 0.717) is 11.8 Å². The molecule has 0 fully saturated rings. The highest BCUT2D eigenvalue weighted by molar-refractivity contribution is 6.17. The number of rotatable bonds is 6. The zero-order chi connectivity index (χ0) is 13.0. The first-order valence-corrected chi connectivity index (χ1v) is 6.85. The van der Waals surface area contributed by atoms with Crippen molar-refractivity contribution in [3.05, 3.63) is 18.6 Å². The van der Waals surface area contributed by atoms with E-state index in [-0.39, 0.29) is 0 Å². The van der Waals surface area contributed by atoms with Crippen molar-refractivity contribution in [3.8, 4) is 0 Å². The number of hydrogen-bond acceptors (Lipinski definition) is 3. The lowest BCUT2D eigenvalue weighted by molar-refractivity contribution is 0.521. The number of anilines is 1. The summed E-state index contributed by atoms with van der Waals surface area (Å²) in [6.45, 7) is 3.08. The van der Waals surface area contributed by atoms with Crippen LogP contribution in [0.25, 0.3) is 11.0 Å². The molecule has 4 nitrogen and oxygen atoms in total. The molecule has 0 aromatic carbocycles. The molecule has 1 unspecified atom stereocenters. The van der Waals surface area contributed by atoms with Crippen molar-refractivity contribution in [2.75, 3.05) is 17.7 Å². The van der Waals surface area contributed by atoms with Gasteiger partial charge in [-0.3, -0.25) is 0 Å². The highest BCUT2D eigenvalue weighted by atomic mass is 35.5. The Balaban J connectivity index is 2.12. The van der Waals surface area contributed by atoms with Crippen LogP contribution in [0.3, 0.4) is 0 Å². The van der Waals surface area contributed by atoms with Crippen LogP contribution in [-0.2, 0) is 7.05 Å². The Hall–Kier alpha value is -1.29. The summed E-state index contributed by atoms with van der Waals surface area (Å²) in [5, 5.41) is 3.39. The van der Waals surface area contributed by atoms with Gasteiger partial charge in [-0.15, -0.1) is 11.6 Å². The van der Waals surface area contributed by atoms with Crippen LogP contribution in [-0.4, -0.2) is 27.0 Å². The van der Waals surface area contributed by atoms with Crippen molar-refractivity contribution >= 4 is 28.5 Å². The second-order valence-corrected chi connectivity index (χ2v) is 4.89. The molecule has 0 aliphatic heterocycles. The monoisotopic (exact) mass is 266 g/mol. The van der Waals surface area contributed by atoms with E-state index in [4.69, 9.17) is 11.6 Å². The lowest BCUT2D eigenvalue weighted by atomic mass is 10.0. The Morgan fingerprint density at radius 1 is 1.44 bits per heavy atom. The minimum atomic E-state index is 0.586. The van der Waals surface area contributed by atoms with Crippen molar-refractivity contribution in [2.45, 2.75) is 19.8 Å². The van der Waals surface area contributed by atoms with Gasteiger partial charge in [0.1, 0.15) is 5.52 Å². The molecule has 2 heterocycles. The van der Waals surface area contributed by atoms with Gasteiger partial charge in [0.25, 0.3) is 0 Å². The highest BCUT2D eigenvalue weighted by Crippen LogP contribution is 2.19. The quantitative estimate of drug-likeness (QED) is 0.818. The van der Waals surface area contributed by atoms with Gasteiger partial charge in [-0.05, 0) is 18.4 Å².